The van der Waals surface area contributed by atoms with Crippen LogP contribution in [0, 0.1) is 6.92 Å². The van der Waals surface area contributed by atoms with Crippen LogP contribution in [0.25, 0.3) is 11.1 Å². The number of hydrogen-bond donors (Lipinski definition) is 3. The fourth-order valence-electron chi connectivity index (χ4n) is 5.25. The molecule has 1 amide bonds. The molecule has 7 nitrogen and oxygen atoms in total. The fraction of sp³-hybridized carbons (Fsp3) is 0.235. The Balaban J connectivity index is 1.24. The van der Waals surface area contributed by atoms with Gasteiger partial charge in [0.2, 0.25) is 0 Å². The highest BCUT2D eigenvalue weighted by molar-refractivity contribution is 6.32. The maximum atomic E-state index is 12.5. The molecule has 1 aliphatic heterocycles. The first-order valence-corrected chi connectivity index (χ1v) is 14.8. The molecule has 1 aliphatic rings. The van der Waals surface area contributed by atoms with Crippen molar-refractivity contribution in [3.8, 4) is 22.6 Å². The van der Waals surface area contributed by atoms with Crippen LogP contribution in [-0.4, -0.2) is 53.5 Å². The van der Waals surface area contributed by atoms with Gasteiger partial charge in [0.15, 0.2) is 0 Å². The number of carbonyl (C=O) groups is 1. The Bertz CT molecular complexity index is 1600. The minimum absolute atomic E-state index is 0.0924. The van der Waals surface area contributed by atoms with E-state index >= 15 is 0 Å². The molecule has 0 unspecified atom stereocenters. The number of aromatic hydroxyl groups is 1. The molecule has 0 aliphatic carbocycles. The Kier molecular flexibility index (Phi) is 9.68. The topological polar surface area (TPSA) is 94.4 Å². The van der Waals surface area contributed by atoms with E-state index in [0.717, 1.165) is 53.2 Å². The molecule has 9 heteroatoms. The summed E-state index contributed by atoms with van der Waals surface area (Å²) < 4.78 is 6.39. The second-order valence-corrected chi connectivity index (χ2v) is 11.5. The second-order valence-electron chi connectivity index (χ2n) is 10.7. The molecule has 0 bridgehead atoms. The van der Waals surface area contributed by atoms with E-state index in [4.69, 9.17) is 27.9 Å². The average molecular weight is 619 g/mol. The summed E-state index contributed by atoms with van der Waals surface area (Å²) in [6, 6.07) is 25.6. The number of aryl methyl sites for hydroxylation is 1. The third-order valence-electron chi connectivity index (χ3n) is 7.69. The number of piperidine rings is 1. The second kappa shape index (κ2) is 13.6. The molecular formula is C34H33Cl2N3O4. The largest absolute Gasteiger partial charge is 0.506 e. The summed E-state index contributed by atoms with van der Waals surface area (Å²) in [7, 11) is 0. The number of halogens is 2. The number of nitrogens with zero attached hydrogens (tertiary/aromatic N) is 2. The number of phenolic OH excluding ortho intramolecular Hbond substituents is 1. The Morgan fingerprint density at radius 1 is 1.02 bits per heavy atom. The summed E-state index contributed by atoms with van der Waals surface area (Å²) in [4.78, 5) is 14.8. The van der Waals surface area contributed by atoms with Gasteiger partial charge in [-0.3, -0.25) is 9.69 Å². The molecule has 4 aromatic carbocycles. The number of amides is 1. The molecule has 0 aromatic heterocycles. The molecule has 43 heavy (non-hydrogen) atoms. The summed E-state index contributed by atoms with van der Waals surface area (Å²) in [6.45, 7) is 4.76. The number of nitrogens with one attached hydrogen (secondary N) is 1. The predicted octanol–water partition coefficient (Wildman–Crippen LogP) is 6.80. The van der Waals surface area contributed by atoms with E-state index < -0.39 is 11.5 Å². The van der Waals surface area contributed by atoms with E-state index in [0.29, 0.717) is 24.5 Å². The molecule has 3 N–H and O–H groups in total. The number of ether oxygens (including phenoxy) is 1. The highest BCUT2D eigenvalue weighted by Gasteiger charge is 2.33. The zero-order valence-corrected chi connectivity index (χ0v) is 25.3. The van der Waals surface area contributed by atoms with Gasteiger partial charge in [-0.1, -0.05) is 65.7 Å². The van der Waals surface area contributed by atoms with Gasteiger partial charge in [-0.15, -0.1) is 0 Å². The summed E-state index contributed by atoms with van der Waals surface area (Å²) in [6.07, 6.45) is 2.87. The molecule has 1 heterocycles. The van der Waals surface area contributed by atoms with Crippen LogP contribution in [0.15, 0.2) is 90.0 Å². The van der Waals surface area contributed by atoms with Crippen LogP contribution in [0.2, 0.25) is 10.0 Å². The van der Waals surface area contributed by atoms with Crippen molar-refractivity contribution in [2.45, 2.75) is 25.4 Å². The van der Waals surface area contributed by atoms with Gasteiger partial charge in [0.05, 0.1) is 16.8 Å². The molecule has 5 rings (SSSR count). The highest BCUT2D eigenvalue weighted by atomic mass is 35.5. The van der Waals surface area contributed by atoms with Gasteiger partial charge in [-0.25, -0.2) is 5.43 Å². The van der Waals surface area contributed by atoms with Gasteiger partial charge in [0.1, 0.15) is 18.1 Å². The van der Waals surface area contributed by atoms with Crippen molar-refractivity contribution < 1.29 is 19.7 Å². The zero-order chi connectivity index (χ0) is 30.4. The van der Waals surface area contributed by atoms with E-state index in [-0.39, 0.29) is 16.3 Å². The van der Waals surface area contributed by atoms with Crippen LogP contribution in [0.5, 0.6) is 11.5 Å². The van der Waals surface area contributed by atoms with Crippen molar-refractivity contribution in [1.29, 1.82) is 0 Å². The van der Waals surface area contributed by atoms with Crippen LogP contribution >= 0.6 is 23.2 Å². The molecule has 0 radical (unpaired) electrons. The molecule has 1 fully saturated rings. The summed E-state index contributed by atoms with van der Waals surface area (Å²) >= 11 is 11.9. The van der Waals surface area contributed by atoms with Gasteiger partial charge in [0.25, 0.3) is 5.91 Å². The van der Waals surface area contributed by atoms with Crippen LogP contribution < -0.4 is 10.2 Å². The number of hydrazone groups is 1. The van der Waals surface area contributed by atoms with E-state index in [9.17, 15) is 15.0 Å². The number of phenols is 1. The molecule has 1 saturated heterocycles. The Morgan fingerprint density at radius 2 is 1.74 bits per heavy atom. The van der Waals surface area contributed by atoms with Crippen molar-refractivity contribution in [2.75, 3.05) is 26.2 Å². The van der Waals surface area contributed by atoms with Gasteiger partial charge < -0.3 is 14.9 Å². The highest BCUT2D eigenvalue weighted by Crippen LogP contribution is 2.35. The molecule has 0 spiro atoms. The van der Waals surface area contributed by atoms with Crippen LogP contribution in [0.1, 0.15) is 39.9 Å². The fourth-order valence-corrected chi connectivity index (χ4v) is 5.56. The summed E-state index contributed by atoms with van der Waals surface area (Å²) in [5.74, 6) is 0.258. The summed E-state index contributed by atoms with van der Waals surface area (Å²) in [5.41, 5.74) is 6.52. The normalized spacial score (nSPS) is 15.0. The van der Waals surface area contributed by atoms with Crippen LogP contribution in [0.4, 0.5) is 0 Å². The first kappa shape index (κ1) is 30.6. The van der Waals surface area contributed by atoms with Crippen molar-refractivity contribution in [2.24, 2.45) is 5.10 Å². The lowest BCUT2D eigenvalue weighted by molar-refractivity contribution is -0.0278. The number of likely N-dealkylation sites (tertiary alicyclic amines) is 1. The number of hydrogen-bond acceptors (Lipinski definition) is 6. The first-order valence-electron chi connectivity index (χ1n) is 14.1. The van der Waals surface area contributed by atoms with E-state index in [1.807, 2.05) is 73.7 Å². The monoisotopic (exact) mass is 617 g/mol. The third-order valence-corrected chi connectivity index (χ3v) is 8.24. The smallest absolute Gasteiger partial charge is 0.271 e. The molecule has 0 saturated carbocycles. The Morgan fingerprint density at radius 3 is 2.44 bits per heavy atom. The van der Waals surface area contributed by atoms with Crippen molar-refractivity contribution in [3.63, 3.8) is 0 Å². The van der Waals surface area contributed by atoms with Crippen molar-refractivity contribution >= 4 is 35.3 Å². The first-order chi connectivity index (χ1) is 20.7. The van der Waals surface area contributed by atoms with Gasteiger partial charge >= 0.3 is 0 Å². The van der Waals surface area contributed by atoms with Gasteiger partial charge in [-0.2, -0.15) is 5.10 Å². The van der Waals surface area contributed by atoms with Crippen LogP contribution in [0.3, 0.4) is 0 Å². The summed E-state index contributed by atoms with van der Waals surface area (Å²) in [5, 5.41) is 25.7. The third kappa shape index (κ3) is 7.56. The number of aliphatic hydroxyl groups is 1. The average Bonchev–Trinajstić information content (AvgIpc) is 3.01. The van der Waals surface area contributed by atoms with Gasteiger partial charge in [0, 0.05) is 35.8 Å². The van der Waals surface area contributed by atoms with Crippen molar-refractivity contribution in [3.05, 3.63) is 117 Å². The minimum Gasteiger partial charge on any atom is -0.506 e. The van der Waals surface area contributed by atoms with Crippen LogP contribution in [-0.2, 0) is 5.60 Å². The molecule has 222 valence electrons. The standard InChI is InChI=1S/C34H33Cl2N3O4/c1-23-19-24(22-37-38-33(41)26-7-12-31(40)30(36)21-26)20-29(25-5-3-2-4-6-25)32(23)43-18-17-39-15-13-34(42,14-16-39)27-8-10-28(35)11-9-27/h2-12,19-22,40,42H,13-18H2,1H3,(H,38,41)/b37-22+. The minimum atomic E-state index is -0.840. The lowest BCUT2D eigenvalue weighted by Crippen LogP contribution is -2.43. The van der Waals surface area contributed by atoms with E-state index in [1.54, 1.807) is 6.21 Å². The molecule has 0 atom stereocenters. The maximum absolute atomic E-state index is 12.5. The lowest BCUT2D eigenvalue weighted by atomic mass is 9.84. The number of carbonyl (C=O) groups excluding carboxylic acids is 1. The van der Waals surface area contributed by atoms with E-state index in [2.05, 4.69) is 15.4 Å². The van der Waals surface area contributed by atoms with Crippen molar-refractivity contribution in [1.82, 2.24) is 10.3 Å². The van der Waals surface area contributed by atoms with Gasteiger partial charge in [-0.05, 0) is 84.5 Å². The Hall–Kier alpha value is -3.88. The SMILES string of the molecule is Cc1cc(/C=N/NC(=O)c2ccc(O)c(Cl)c2)cc(-c2ccccc2)c1OCCN1CCC(O)(c2ccc(Cl)cc2)CC1. The Labute approximate surface area is 261 Å². The quantitative estimate of drug-likeness (QED) is 0.142. The zero-order valence-electron chi connectivity index (χ0n) is 23.8. The maximum Gasteiger partial charge on any atom is 0.271 e. The number of rotatable bonds is 9. The lowest BCUT2D eigenvalue weighted by Gasteiger charge is -2.38. The molecular weight excluding hydrogens is 585 g/mol. The van der Waals surface area contributed by atoms with E-state index in [1.165, 1.54) is 18.2 Å². The number of benzene rings is 4. The predicted molar refractivity (Wildman–Crippen MR) is 171 cm³/mol. The molecule has 4 aromatic rings.